The SMILES string of the molecule is CC1C(OCCN2CCNCC2)=CC=C(/C(=C(/CCCO)c2ccccc2)c2ccc(O)cc2)C1C. The van der Waals surface area contributed by atoms with Crippen LogP contribution in [0.4, 0.5) is 0 Å². The van der Waals surface area contributed by atoms with Crippen LogP contribution >= 0.6 is 0 Å². The van der Waals surface area contributed by atoms with Gasteiger partial charge in [-0.3, -0.25) is 4.90 Å². The van der Waals surface area contributed by atoms with Crippen LogP contribution in [0.3, 0.4) is 0 Å². The summed E-state index contributed by atoms with van der Waals surface area (Å²) in [4.78, 5) is 2.45. The number of nitrogens with zero attached hydrogens (tertiary/aromatic N) is 1. The molecular weight excluding hydrogens is 448 g/mol. The second-order valence-corrected chi connectivity index (χ2v) is 9.80. The van der Waals surface area contributed by atoms with Gasteiger partial charge in [0.2, 0.25) is 0 Å². The van der Waals surface area contributed by atoms with Gasteiger partial charge in [-0.2, -0.15) is 0 Å². The average Bonchev–Trinajstić information content (AvgIpc) is 2.91. The van der Waals surface area contributed by atoms with Crippen LogP contribution in [0.2, 0.25) is 0 Å². The molecule has 1 saturated heterocycles. The Balaban J connectivity index is 1.68. The Morgan fingerprint density at radius 2 is 1.67 bits per heavy atom. The van der Waals surface area contributed by atoms with Gasteiger partial charge in [0.15, 0.2) is 0 Å². The molecule has 0 amide bonds. The van der Waals surface area contributed by atoms with Crippen molar-refractivity contribution in [2.24, 2.45) is 11.8 Å². The van der Waals surface area contributed by atoms with Gasteiger partial charge >= 0.3 is 0 Å². The molecule has 5 nitrogen and oxygen atoms in total. The highest BCUT2D eigenvalue weighted by atomic mass is 16.5. The number of aliphatic hydroxyl groups excluding tert-OH is 1. The summed E-state index contributed by atoms with van der Waals surface area (Å²) in [6.45, 7) is 10.6. The molecule has 1 heterocycles. The first kappa shape index (κ1) is 26.2. The third kappa shape index (κ3) is 6.47. The van der Waals surface area contributed by atoms with Gasteiger partial charge < -0.3 is 20.3 Å². The lowest BCUT2D eigenvalue weighted by atomic mass is 9.75. The quantitative estimate of drug-likeness (QED) is 0.407. The van der Waals surface area contributed by atoms with Crippen LogP contribution in [-0.2, 0) is 4.74 Å². The number of rotatable bonds is 10. The van der Waals surface area contributed by atoms with E-state index in [2.05, 4.69) is 60.5 Å². The fourth-order valence-electron chi connectivity index (χ4n) is 5.16. The van der Waals surface area contributed by atoms with Gasteiger partial charge in [-0.1, -0.05) is 62.4 Å². The molecule has 1 fully saturated rings. The largest absolute Gasteiger partial charge is 0.508 e. The molecule has 36 heavy (non-hydrogen) atoms. The van der Waals surface area contributed by atoms with E-state index in [-0.39, 0.29) is 24.2 Å². The molecule has 0 spiro atoms. The second-order valence-electron chi connectivity index (χ2n) is 9.80. The summed E-state index contributed by atoms with van der Waals surface area (Å²) in [7, 11) is 0. The summed E-state index contributed by atoms with van der Waals surface area (Å²) < 4.78 is 6.30. The van der Waals surface area contributed by atoms with Gasteiger partial charge in [0.05, 0.1) is 5.76 Å². The van der Waals surface area contributed by atoms with Gasteiger partial charge in [-0.25, -0.2) is 0 Å². The number of phenols is 1. The smallest absolute Gasteiger partial charge is 0.115 e. The number of phenolic OH excluding ortho intramolecular Hbond substituents is 1. The lowest BCUT2D eigenvalue weighted by molar-refractivity contribution is 0.125. The first-order valence-corrected chi connectivity index (χ1v) is 13.3. The number of nitrogens with one attached hydrogen (secondary N) is 1. The number of allylic oxidation sites excluding steroid dienone is 6. The van der Waals surface area contributed by atoms with E-state index in [4.69, 9.17) is 4.74 Å². The molecule has 0 bridgehead atoms. The number of hydrogen-bond acceptors (Lipinski definition) is 5. The molecule has 192 valence electrons. The van der Waals surface area contributed by atoms with Crippen LogP contribution in [0, 0.1) is 11.8 Å². The minimum atomic E-state index is 0.148. The van der Waals surface area contributed by atoms with Crippen molar-refractivity contribution in [1.29, 1.82) is 0 Å². The monoisotopic (exact) mass is 488 g/mol. The van der Waals surface area contributed by atoms with Gasteiger partial charge in [-0.15, -0.1) is 0 Å². The summed E-state index contributed by atoms with van der Waals surface area (Å²) in [5.74, 6) is 1.80. The highest BCUT2D eigenvalue weighted by Crippen LogP contribution is 2.43. The van der Waals surface area contributed by atoms with Crippen molar-refractivity contribution in [3.8, 4) is 5.75 Å². The highest BCUT2D eigenvalue weighted by Gasteiger charge is 2.29. The van der Waals surface area contributed by atoms with Crippen molar-refractivity contribution in [2.45, 2.75) is 26.7 Å². The van der Waals surface area contributed by atoms with Crippen LogP contribution in [0.15, 0.2) is 78.1 Å². The Kier molecular flexibility index (Phi) is 9.40. The fraction of sp³-hybridized carbons (Fsp3) is 0.419. The predicted molar refractivity (Wildman–Crippen MR) is 147 cm³/mol. The molecule has 1 aliphatic heterocycles. The third-order valence-corrected chi connectivity index (χ3v) is 7.46. The third-order valence-electron chi connectivity index (χ3n) is 7.46. The molecule has 0 radical (unpaired) electrons. The Labute approximate surface area is 215 Å². The second kappa shape index (κ2) is 12.9. The van der Waals surface area contributed by atoms with E-state index in [1.54, 1.807) is 12.1 Å². The lowest BCUT2D eigenvalue weighted by Crippen LogP contribution is -2.44. The predicted octanol–water partition coefficient (Wildman–Crippen LogP) is 5.09. The molecule has 3 N–H and O–H groups in total. The number of piperazine rings is 1. The molecule has 2 unspecified atom stereocenters. The first-order chi connectivity index (χ1) is 17.6. The molecule has 0 aromatic heterocycles. The van der Waals surface area contributed by atoms with Crippen molar-refractivity contribution in [3.05, 3.63) is 89.2 Å². The molecule has 2 atom stereocenters. The maximum Gasteiger partial charge on any atom is 0.115 e. The molecule has 2 aliphatic rings. The standard InChI is InChI=1S/C31H40N2O3/c1-23-24(2)30(36-22-20-33-18-16-32-17-19-33)15-14-28(23)31(26-10-12-27(35)13-11-26)29(9-6-21-34)25-7-4-3-5-8-25/h3-5,7-8,10-15,23-24,32,34-35H,6,9,16-22H2,1-2H3/b31-29-. The van der Waals surface area contributed by atoms with Gasteiger partial charge in [0.25, 0.3) is 0 Å². The Hall–Kier alpha value is -2.86. The fourth-order valence-corrected chi connectivity index (χ4v) is 5.16. The van der Waals surface area contributed by atoms with Crippen LogP contribution < -0.4 is 5.32 Å². The summed E-state index contributed by atoms with van der Waals surface area (Å²) in [5.41, 5.74) is 5.91. The van der Waals surface area contributed by atoms with Crippen molar-refractivity contribution >= 4 is 11.1 Å². The molecule has 1 aliphatic carbocycles. The topological polar surface area (TPSA) is 65.0 Å². The van der Waals surface area contributed by atoms with E-state index in [1.807, 2.05) is 18.2 Å². The molecule has 4 rings (SSSR count). The van der Waals surface area contributed by atoms with Crippen LogP contribution in [0.25, 0.3) is 11.1 Å². The highest BCUT2D eigenvalue weighted by molar-refractivity contribution is 5.99. The van der Waals surface area contributed by atoms with Gasteiger partial charge in [-0.05, 0) is 64.8 Å². The van der Waals surface area contributed by atoms with Gasteiger partial charge in [0.1, 0.15) is 12.4 Å². The zero-order chi connectivity index (χ0) is 25.3. The van der Waals surface area contributed by atoms with Crippen LogP contribution in [0.1, 0.15) is 37.8 Å². The van der Waals surface area contributed by atoms with Crippen LogP contribution in [0.5, 0.6) is 5.75 Å². The molecule has 2 aromatic rings. The number of ether oxygens (including phenoxy) is 1. The molecular formula is C31H40N2O3. The first-order valence-electron chi connectivity index (χ1n) is 13.3. The molecule has 2 aromatic carbocycles. The zero-order valence-corrected chi connectivity index (χ0v) is 21.6. The summed E-state index contributed by atoms with van der Waals surface area (Å²) >= 11 is 0. The van der Waals surface area contributed by atoms with Crippen molar-refractivity contribution < 1.29 is 14.9 Å². The summed E-state index contributed by atoms with van der Waals surface area (Å²) in [6, 6.07) is 17.9. The van der Waals surface area contributed by atoms with E-state index >= 15 is 0 Å². The Morgan fingerprint density at radius 3 is 2.36 bits per heavy atom. The minimum Gasteiger partial charge on any atom is -0.508 e. The zero-order valence-electron chi connectivity index (χ0n) is 21.6. The summed E-state index contributed by atoms with van der Waals surface area (Å²) in [5, 5.41) is 23.0. The maximum atomic E-state index is 9.95. The van der Waals surface area contributed by atoms with Crippen molar-refractivity contribution in [3.63, 3.8) is 0 Å². The Bertz CT molecular complexity index is 1070. The minimum absolute atomic E-state index is 0.148. The number of aromatic hydroxyl groups is 1. The van der Waals surface area contributed by atoms with Crippen LogP contribution in [-0.4, -0.2) is 61.1 Å². The van der Waals surface area contributed by atoms with E-state index < -0.39 is 0 Å². The van der Waals surface area contributed by atoms with E-state index in [9.17, 15) is 10.2 Å². The molecule has 5 heteroatoms. The number of hydrogen-bond donors (Lipinski definition) is 3. The molecule has 0 saturated carbocycles. The van der Waals surface area contributed by atoms with Crippen molar-refractivity contribution in [1.82, 2.24) is 10.2 Å². The normalized spacial score (nSPS) is 21.4. The maximum absolute atomic E-state index is 9.95. The number of benzene rings is 2. The number of aliphatic hydroxyl groups is 1. The van der Waals surface area contributed by atoms with E-state index in [0.717, 1.165) is 56.0 Å². The average molecular weight is 489 g/mol. The Morgan fingerprint density at radius 1 is 0.944 bits per heavy atom. The van der Waals surface area contributed by atoms with Gasteiger partial charge in [0, 0.05) is 45.2 Å². The van der Waals surface area contributed by atoms with Crippen molar-refractivity contribution in [2.75, 3.05) is 45.9 Å². The summed E-state index contributed by atoms with van der Waals surface area (Å²) in [6.07, 6.45) is 5.83. The van der Waals surface area contributed by atoms with E-state index in [0.29, 0.717) is 13.0 Å². The van der Waals surface area contributed by atoms with E-state index in [1.165, 1.54) is 16.7 Å². The lowest BCUT2D eigenvalue weighted by Gasteiger charge is -2.32.